The summed E-state index contributed by atoms with van der Waals surface area (Å²) in [6.45, 7) is 1.51. The van der Waals surface area contributed by atoms with E-state index in [4.69, 9.17) is 0 Å². The van der Waals surface area contributed by atoms with Crippen molar-refractivity contribution in [3.8, 4) is 0 Å². The molecule has 1 unspecified atom stereocenters. The Morgan fingerprint density at radius 3 is 2.30 bits per heavy atom. The maximum Gasteiger partial charge on any atom is 0.313 e. The first-order chi connectivity index (χ1) is 12.8. The molecule has 0 saturated carbocycles. The van der Waals surface area contributed by atoms with Gasteiger partial charge in [-0.15, -0.1) is 0 Å². The van der Waals surface area contributed by atoms with Gasteiger partial charge in [0.05, 0.1) is 10.5 Å². The van der Waals surface area contributed by atoms with Gasteiger partial charge < -0.3 is 15.7 Å². The van der Waals surface area contributed by atoms with E-state index in [0.29, 0.717) is 12.8 Å². The number of nitrogens with zero attached hydrogens (tertiary/aromatic N) is 1. The number of rotatable bonds is 7. The van der Waals surface area contributed by atoms with Crippen molar-refractivity contribution in [3.63, 3.8) is 0 Å². The van der Waals surface area contributed by atoms with Gasteiger partial charge in [0, 0.05) is 24.4 Å². The summed E-state index contributed by atoms with van der Waals surface area (Å²) in [6.07, 6.45) is 1.06. The van der Waals surface area contributed by atoms with Crippen LogP contribution in [-0.4, -0.2) is 34.0 Å². The van der Waals surface area contributed by atoms with Gasteiger partial charge in [0.25, 0.3) is 5.69 Å². The molecule has 0 heterocycles. The monoisotopic (exact) mass is 371 g/mol. The van der Waals surface area contributed by atoms with Crippen molar-refractivity contribution in [2.45, 2.75) is 25.4 Å². The second kappa shape index (κ2) is 8.91. The number of non-ortho nitro benzene ring substituents is 1. The molecule has 0 saturated heterocycles. The summed E-state index contributed by atoms with van der Waals surface area (Å²) in [4.78, 5) is 33.8. The minimum atomic E-state index is -1.17. The lowest BCUT2D eigenvalue weighted by atomic mass is 9.97. The number of hydrogen-bond acceptors (Lipinski definition) is 5. The number of aryl methyl sites for hydroxylation is 1. The van der Waals surface area contributed by atoms with Crippen LogP contribution >= 0.6 is 0 Å². The van der Waals surface area contributed by atoms with E-state index in [-0.39, 0.29) is 17.9 Å². The molecule has 2 aromatic carbocycles. The highest BCUT2D eigenvalue weighted by Crippen LogP contribution is 2.15. The van der Waals surface area contributed by atoms with Crippen LogP contribution in [0.4, 0.5) is 11.4 Å². The highest BCUT2D eigenvalue weighted by molar-refractivity contribution is 6.39. The van der Waals surface area contributed by atoms with E-state index in [2.05, 4.69) is 10.6 Å². The fourth-order valence-corrected chi connectivity index (χ4v) is 2.35. The molecule has 8 heteroatoms. The molecule has 0 radical (unpaired) electrons. The number of carbonyl (C=O) groups excluding carboxylic acids is 2. The van der Waals surface area contributed by atoms with Crippen molar-refractivity contribution in [3.05, 3.63) is 70.3 Å². The van der Waals surface area contributed by atoms with Crippen LogP contribution in [0.25, 0.3) is 0 Å². The van der Waals surface area contributed by atoms with E-state index in [1.54, 1.807) is 6.92 Å². The smallest absolute Gasteiger partial charge is 0.313 e. The summed E-state index contributed by atoms with van der Waals surface area (Å²) in [6, 6.07) is 14.7. The molecule has 0 bridgehead atoms. The van der Waals surface area contributed by atoms with Crippen molar-refractivity contribution in [1.29, 1.82) is 0 Å². The molecular formula is C19H21N3O5. The zero-order valence-electron chi connectivity index (χ0n) is 14.8. The Morgan fingerprint density at radius 2 is 1.70 bits per heavy atom. The number of nitrogens with one attached hydrogen (secondary N) is 2. The molecule has 0 aromatic heterocycles. The molecule has 2 rings (SSSR count). The minimum absolute atomic E-state index is 0.0770. The minimum Gasteiger partial charge on any atom is -0.388 e. The van der Waals surface area contributed by atoms with Crippen molar-refractivity contribution in [2.24, 2.45) is 0 Å². The normalized spacial score (nSPS) is 12.7. The van der Waals surface area contributed by atoms with Crippen LogP contribution in [0.1, 0.15) is 18.9 Å². The predicted molar refractivity (Wildman–Crippen MR) is 100 cm³/mol. The van der Waals surface area contributed by atoms with Crippen molar-refractivity contribution in [1.82, 2.24) is 5.32 Å². The summed E-state index contributed by atoms with van der Waals surface area (Å²) < 4.78 is 0. The third-order valence-electron chi connectivity index (χ3n) is 3.97. The Labute approximate surface area is 156 Å². The molecule has 27 heavy (non-hydrogen) atoms. The first-order valence-electron chi connectivity index (χ1n) is 8.37. The molecular weight excluding hydrogens is 350 g/mol. The second-order valence-corrected chi connectivity index (χ2v) is 6.42. The average molecular weight is 371 g/mol. The van der Waals surface area contributed by atoms with E-state index in [9.17, 15) is 24.8 Å². The first kappa shape index (κ1) is 20.1. The number of amides is 2. The molecule has 8 nitrogen and oxygen atoms in total. The van der Waals surface area contributed by atoms with Crippen molar-refractivity contribution >= 4 is 23.2 Å². The summed E-state index contributed by atoms with van der Waals surface area (Å²) in [5.74, 6) is -1.81. The van der Waals surface area contributed by atoms with Crippen molar-refractivity contribution in [2.75, 3.05) is 11.9 Å². The summed E-state index contributed by atoms with van der Waals surface area (Å²) in [7, 11) is 0. The van der Waals surface area contributed by atoms with Gasteiger partial charge >= 0.3 is 11.8 Å². The Hall–Kier alpha value is -3.26. The molecule has 2 amide bonds. The molecule has 0 spiro atoms. The van der Waals surface area contributed by atoms with Gasteiger partial charge in [-0.05, 0) is 37.5 Å². The molecule has 0 aliphatic heterocycles. The second-order valence-electron chi connectivity index (χ2n) is 6.42. The van der Waals surface area contributed by atoms with Crippen LogP contribution in [-0.2, 0) is 16.0 Å². The standard InChI is InChI=1S/C19H21N3O5/c1-19(25,12-11-14-5-3-2-4-6-14)13-20-17(23)18(24)21-15-7-9-16(10-8-15)22(26)27/h2-10,25H,11-13H2,1H3,(H,20,23)(H,21,24). The van der Waals surface area contributed by atoms with Crippen LogP contribution in [0.2, 0.25) is 0 Å². The van der Waals surface area contributed by atoms with E-state index >= 15 is 0 Å². The lowest BCUT2D eigenvalue weighted by Crippen LogP contribution is -2.44. The summed E-state index contributed by atoms with van der Waals surface area (Å²) in [5, 5.41) is 25.7. The van der Waals surface area contributed by atoms with Gasteiger partial charge in [0.2, 0.25) is 0 Å². The van der Waals surface area contributed by atoms with Gasteiger partial charge in [-0.2, -0.15) is 0 Å². The van der Waals surface area contributed by atoms with Gasteiger partial charge in [0.1, 0.15) is 0 Å². The third kappa shape index (κ3) is 6.52. The van der Waals surface area contributed by atoms with Gasteiger partial charge in [-0.25, -0.2) is 0 Å². The Kier molecular flexibility index (Phi) is 6.62. The highest BCUT2D eigenvalue weighted by atomic mass is 16.6. The number of benzene rings is 2. The number of hydrogen-bond donors (Lipinski definition) is 3. The lowest BCUT2D eigenvalue weighted by Gasteiger charge is -2.23. The summed E-state index contributed by atoms with van der Waals surface area (Å²) >= 11 is 0. The Balaban J connectivity index is 1.81. The Bertz CT molecular complexity index is 804. The Morgan fingerprint density at radius 1 is 1.07 bits per heavy atom. The average Bonchev–Trinajstić information content (AvgIpc) is 2.66. The van der Waals surface area contributed by atoms with E-state index in [0.717, 1.165) is 5.56 Å². The molecule has 0 aliphatic rings. The number of nitro groups is 1. The maximum atomic E-state index is 11.9. The van der Waals surface area contributed by atoms with Crippen LogP contribution in [0.5, 0.6) is 0 Å². The molecule has 2 aromatic rings. The number of anilines is 1. The molecule has 0 fully saturated rings. The summed E-state index contributed by atoms with van der Waals surface area (Å²) in [5.41, 5.74) is 0.0441. The van der Waals surface area contributed by atoms with Crippen molar-refractivity contribution < 1.29 is 19.6 Å². The van der Waals surface area contributed by atoms with E-state index in [1.165, 1.54) is 24.3 Å². The highest BCUT2D eigenvalue weighted by Gasteiger charge is 2.23. The van der Waals surface area contributed by atoms with Crippen LogP contribution in [0.15, 0.2) is 54.6 Å². The largest absolute Gasteiger partial charge is 0.388 e. The van der Waals surface area contributed by atoms with Gasteiger partial charge in [-0.3, -0.25) is 19.7 Å². The van der Waals surface area contributed by atoms with Gasteiger partial charge in [-0.1, -0.05) is 30.3 Å². The first-order valence-corrected chi connectivity index (χ1v) is 8.37. The molecule has 3 N–H and O–H groups in total. The maximum absolute atomic E-state index is 11.9. The molecule has 1 atom stereocenters. The SMILES string of the molecule is CC(O)(CCc1ccccc1)CNC(=O)C(=O)Nc1ccc([N+](=O)[O-])cc1. The number of nitro benzene ring substituents is 1. The van der Waals surface area contributed by atoms with Crippen LogP contribution < -0.4 is 10.6 Å². The zero-order chi connectivity index (χ0) is 19.9. The quantitative estimate of drug-likeness (QED) is 0.391. The fourth-order valence-electron chi connectivity index (χ4n) is 2.35. The van der Waals surface area contributed by atoms with E-state index in [1.807, 2.05) is 30.3 Å². The zero-order valence-corrected chi connectivity index (χ0v) is 14.8. The third-order valence-corrected chi connectivity index (χ3v) is 3.97. The fraction of sp³-hybridized carbons (Fsp3) is 0.263. The van der Waals surface area contributed by atoms with Crippen LogP contribution in [0.3, 0.4) is 0 Å². The van der Waals surface area contributed by atoms with E-state index < -0.39 is 22.3 Å². The molecule has 0 aliphatic carbocycles. The lowest BCUT2D eigenvalue weighted by molar-refractivity contribution is -0.384. The predicted octanol–water partition coefficient (Wildman–Crippen LogP) is 2.03. The number of aliphatic hydroxyl groups is 1. The topological polar surface area (TPSA) is 122 Å². The van der Waals surface area contributed by atoms with Crippen LogP contribution in [0, 0.1) is 10.1 Å². The molecule has 142 valence electrons. The number of carbonyl (C=O) groups is 2. The van der Waals surface area contributed by atoms with Gasteiger partial charge in [0.15, 0.2) is 0 Å².